The van der Waals surface area contributed by atoms with Crippen LogP contribution in [0.3, 0.4) is 0 Å². The topological polar surface area (TPSA) is 43.8 Å². The predicted octanol–water partition coefficient (Wildman–Crippen LogP) is 4.53. The van der Waals surface area contributed by atoms with Crippen LogP contribution in [0.15, 0.2) is 6.07 Å². The molecule has 0 atom stereocenters. The molecule has 0 aliphatic heterocycles. The number of nitrogens with zero attached hydrogens (tertiary/aromatic N) is 2. The van der Waals surface area contributed by atoms with Crippen LogP contribution >= 0.6 is 23.2 Å². The third kappa shape index (κ3) is 2.23. The minimum absolute atomic E-state index is 0.0760. The molecule has 1 aromatic carbocycles. The van der Waals surface area contributed by atoms with Crippen LogP contribution in [-0.2, 0) is 6.18 Å². The first-order chi connectivity index (χ1) is 8.64. The van der Waals surface area contributed by atoms with E-state index >= 15 is 0 Å². The highest BCUT2D eigenvalue weighted by molar-refractivity contribution is 6.36. The van der Waals surface area contributed by atoms with Crippen molar-refractivity contribution >= 4 is 39.9 Å². The summed E-state index contributed by atoms with van der Waals surface area (Å²) in [4.78, 5) is 3.90. The number of fused-ring (bicyclic) bond motifs is 1. The molecule has 104 valence electrons. The molecule has 0 aliphatic rings. The van der Waals surface area contributed by atoms with E-state index in [1.165, 1.54) is 4.57 Å². The lowest BCUT2D eigenvalue weighted by Crippen LogP contribution is -2.09. The number of hydrogen-bond donors (Lipinski definition) is 1. The van der Waals surface area contributed by atoms with Crippen molar-refractivity contribution in [3.8, 4) is 0 Å². The zero-order chi connectivity index (χ0) is 14.5. The lowest BCUT2D eigenvalue weighted by molar-refractivity contribution is -0.137. The summed E-state index contributed by atoms with van der Waals surface area (Å²) in [6.45, 7) is 3.63. The molecule has 8 heteroatoms. The van der Waals surface area contributed by atoms with Crippen LogP contribution in [0.4, 0.5) is 18.9 Å². The van der Waals surface area contributed by atoms with Gasteiger partial charge in [0.05, 0.1) is 27.3 Å². The molecule has 2 aromatic rings. The largest absolute Gasteiger partial charge is 0.418 e. The number of halogens is 5. The van der Waals surface area contributed by atoms with Crippen LogP contribution in [0.5, 0.6) is 0 Å². The second-order valence-corrected chi connectivity index (χ2v) is 5.08. The van der Waals surface area contributed by atoms with Crippen LogP contribution < -0.4 is 5.73 Å². The number of benzene rings is 1. The van der Waals surface area contributed by atoms with Gasteiger partial charge in [-0.1, -0.05) is 11.6 Å². The number of nitrogen functional groups attached to an aromatic ring is 1. The first kappa shape index (κ1) is 14.3. The highest BCUT2D eigenvalue weighted by atomic mass is 35.5. The predicted molar refractivity (Wildman–Crippen MR) is 69.6 cm³/mol. The fourth-order valence-corrected chi connectivity index (χ4v) is 2.54. The SMILES string of the molecule is CC(C)n1c(Cl)nc2cc(C(F)(F)F)c(Cl)c(N)c21. The van der Waals surface area contributed by atoms with Gasteiger partial charge in [0.1, 0.15) is 0 Å². The summed E-state index contributed by atoms with van der Waals surface area (Å²) in [6, 6.07) is 0.756. The second-order valence-electron chi connectivity index (χ2n) is 4.36. The van der Waals surface area contributed by atoms with E-state index in [1.54, 1.807) is 0 Å². The number of nitrogens with two attached hydrogens (primary N) is 1. The van der Waals surface area contributed by atoms with E-state index in [0.29, 0.717) is 5.52 Å². The molecule has 1 aromatic heterocycles. The number of aromatic nitrogens is 2. The molecule has 1 heterocycles. The highest BCUT2D eigenvalue weighted by Crippen LogP contribution is 2.42. The van der Waals surface area contributed by atoms with Gasteiger partial charge in [-0.25, -0.2) is 4.98 Å². The normalized spacial score (nSPS) is 12.6. The van der Waals surface area contributed by atoms with Crippen molar-refractivity contribution in [2.75, 3.05) is 5.73 Å². The average Bonchev–Trinajstić information content (AvgIpc) is 2.58. The van der Waals surface area contributed by atoms with Crippen molar-refractivity contribution in [3.05, 3.63) is 21.9 Å². The Labute approximate surface area is 117 Å². The summed E-state index contributed by atoms with van der Waals surface area (Å²) >= 11 is 11.6. The molecule has 0 bridgehead atoms. The maximum absolute atomic E-state index is 12.8. The summed E-state index contributed by atoms with van der Waals surface area (Å²) in [5.74, 6) is 0. The number of rotatable bonds is 1. The van der Waals surface area contributed by atoms with E-state index < -0.39 is 16.8 Å². The van der Waals surface area contributed by atoms with Crippen LogP contribution in [0, 0.1) is 0 Å². The minimum Gasteiger partial charge on any atom is -0.396 e. The average molecular weight is 312 g/mol. The molecular weight excluding hydrogens is 302 g/mol. The number of anilines is 1. The van der Waals surface area contributed by atoms with Crippen LogP contribution in [0.2, 0.25) is 10.3 Å². The van der Waals surface area contributed by atoms with Gasteiger partial charge in [0.2, 0.25) is 5.28 Å². The maximum Gasteiger partial charge on any atom is 0.418 e. The Balaban J connectivity index is 2.89. The van der Waals surface area contributed by atoms with E-state index in [1.807, 2.05) is 13.8 Å². The van der Waals surface area contributed by atoms with Gasteiger partial charge < -0.3 is 10.3 Å². The fourth-order valence-electron chi connectivity index (χ4n) is 1.92. The lowest BCUT2D eigenvalue weighted by atomic mass is 10.1. The molecule has 19 heavy (non-hydrogen) atoms. The first-order valence-corrected chi connectivity index (χ1v) is 6.12. The maximum atomic E-state index is 12.8. The van der Waals surface area contributed by atoms with Crippen LogP contribution in [-0.4, -0.2) is 9.55 Å². The van der Waals surface area contributed by atoms with Crippen LogP contribution in [0.25, 0.3) is 11.0 Å². The van der Waals surface area contributed by atoms with Gasteiger partial charge >= 0.3 is 6.18 Å². The van der Waals surface area contributed by atoms with Crippen molar-refractivity contribution < 1.29 is 13.2 Å². The molecule has 0 amide bonds. The Morgan fingerprint density at radius 1 is 1.32 bits per heavy atom. The Kier molecular flexibility index (Phi) is 3.35. The summed E-state index contributed by atoms with van der Waals surface area (Å²) in [7, 11) is 0. The molecule has 0 unspecified atom stereocenters. The Morgan fingerprint density at radius 3 is 2.37 bits per heavy atom. The summed E-state index contributed by atoms with van der Waals surface area (Å²) < 4.78 is 40.0. The molecule has 0 spiro atoms. The summed E-state index contributed by atoms with van der Waals surface area (Å²) in [6.07, 6.45) is -4.59. The van der Waals surface area contributed by atoms with Gasteiger partial charge in [-0.2, -0.15) is 13.2 Å². The van der Waals surface area contributed by atoms with E-state index in [0.717, 1.165) is 6.07 Å². The van der Waals surface area contributed by atoms with Crippen LogP contribution in [0.1, 0.15) is 25.5 Å². The van der Waals surface area contributed by atoms with E-state index in [2.05, 4.69) is 4.98 Å². The standard InChI is InChI=1S/C11H10Cl2F3N3/c1-4(2)19-9-6(18-10(19)13)3-5(11(14,15)16)7(12)8(9)17/h3-4H,17H2,1-2H3. The molecule has 0 saturated carbocycles. The fraction of sp³-hybridized carbons (Fsp3) is 0.364. The van der Waals surface area contributed by atoms with Crippen molar-refractivity contribution in [1.82, 2.24) is 9.55 Å². The van der Waals surface area contributed by atoms with Crippen molar-refractivity contribution in [2.24, 2.45) is 0 Å². The van der Waals surface area contributed by atoms with Crippen molar-refractivity contribution in [2.45, 2.75) is 26.1 Å². The molecular formula is C11H10Cl2F3N3. The molecule has 0 aliphatic carbocycles. The monoisotopic (exact) mass is 311 g/mol. The molecule has 0 radical (unpaired) electrons. The van der Waals surface area contributed by atoms with E-state index in [4.69, 9.17) is 28.9 Å². The molecule has 0 fully saturated rings. The number of imidazole rings is 1. The Hall–Kier alpha value is -1.14. The van der Waals surface area contributed by atoms with Gasteiger partial charge in [-0.3, -0.25) is 0 Å². The van der Waals surface area contributed by atoms with Gasteiger partial charge in [0, 0.05) is 6.04 Å². The van der Waals surface area contributed by atoms with E-state index in [9.17, 15) is 13.2 Å². The summed E-state index contributed by atoms with van der Waals surface area (Å²) in [5.41, 5.74) is 4.93. The van der Waals surface area contributed by atoms with Gasteiger partial charge in [0.25, 0.3) is 0 Å². The van der Waals surface area contributed by atoms with Gasteiger partial charge in [-0.15, -0.1) is 0 Å². The van der Waals surface area contributed by atoms with Gasteiger partial charge in [-0.05, 0) is 31.5 Å². The molecule has 2 rings (SSSR count). The zero-order valence-corrected chi connectivity index (χ0v) is 11.5. The van der Waals surface area contributed by atoms with E-state index in [-0.39, 0.29) is 22.5 Å². The zero-order valence-electron chi connectivity index (χ0n) is 10.0. The smallest absolute Gasteiger partial charge is 0.396 e. The Morgan fingerprint density at radius 2 is 1.89 bits per heavy atom. The van der Waals surface area contributed by atoms with Gasteiger partial charge in [0.15, 0.2) is 0 Å². The highest BCUT2D eigenvalue weighted by Gasteiger charge is 2.35. The first-order valence-electron chi connectivity index (χ1n) is 5.37. The number of alkyl halides is 3. The second kappa shape index (κ2) is 4.45. The Bertz CT molecular complexity index is 647. The third-order valence-electron chi connectivity index (χ3n) is 2.73. The summed E-state index contributed by atoms with van der Waals surface area (Å²) in [5, 5.41) is -0.453. The van der Waals surface area contributed by atoms with Crippen molar-refractivity contribution in [3.63, 3.8) is 0 Å². The number of hydrogen-bond acceptors (Lipinski definition) is 2. The quantitative estimate of drug-likeness (QED) is 0.787. The minimum atomic E-state index is -4.59. The molecule has 0 saturated heterocycles. The molecule has 2 N–H and O–H groups in total. The van der Waals surface area contributed by atoms with Crippen molar-refractivity contribution in [1.29, 1.82) is 0 Å². The molecule has 3 nitrogen and oxygen atoms in total. The lowest BCUT2D eigenvalue weighted by Gasteiger charge is -2.14. The third-order valence-corrected chi connectivity index (χ3v) is 3.40.